The number of benzene rings is 2. The molecule has 0 unspecified atom stereocenters. The first-order chi connectivity index (χ1) is 9.33. The molecule has 1 aliphatic rings. The molecule has 2 aromatic carbocycles. The zero-order valence-corrected chi connectivity index (χ0v) is 11.6. The van der Waals surface area contributed by atoms with Gasteiger partial charge in [-0.05, 0) is 35.7 Å². The fraction of sp³-hybridized carbons (Fsp3) is 0.250. The third-order valence-electron chi connectivity index (χ3n) is 3.32. The maximum atomic E-state index is 5.94. The van der Waals surface area contributed by atoms with Gasteiger partial charge in [-0.1, -0.05) is 24.3 Å². The van der Waals surface area contributed by atoms with Crippen LogP contribution in [0.15, 0.2) is 47.4 Å². The van der Waals surface area contributed by atoms with Crippen molar-refractivity contribution in [1.82, 2.24) is 0 Å². The summed E-state index contributed by atoms with van der Waals surface area (Å²) in [5, 5.41) is 0. The zero-order valence-electron chi connectivity index (χ0n) is 10.8. The average molecular weight is 271 g/mol. The average Bonchev–Trinajstić information content (AvgIpc) is 2.88. The van der Waals surface area contributed by atoms with Crippen molar-refractivity contribution in [3.63, 3.8) is 0 Å². The minimum absolute atomic E-state index is 0.827. The molecule has 0 saturated carbocycles. The quantitative estimate of drug-likeness (QED) is 0.682. The molecule has 0 saturated heterocycles. The SMILES string of the molecule is Nc1ccccc1SCCc1ccc2c(c1)CCO2. The lowest BCUT2D eigenvalue weighted by atomic mass is 10.1. The number of nitrogen functional groups attached to an aromatic ring is 1. The molecule has 3 heteroatoms. The Bertz CT molecular complexity index is 583. The van der Waals surface area contributed by atoms with Crippen LogP contribution in [0.25, 0.3) is 0 Å². The van der Waals surface area contributed by atoms with Crippen LogP contribution in [0.5, 0.6) is 5.75 Å². The number of nitrogens with two attached hydrogens (primary N) is 1. The fourth-order valence-corrected chi connectivity index (χ4v) is 3.25. The summed E-state index contributed by atoms with van der Waals surface area (Å²) in [7, 11) is 0. The number of anilines is 1. The summed E-state index contributed by atoms with van der Waals surface area (Å²) < 4.78 is 5.52. The number of ether oxygens (including phenoxy) is 1. The molecule has 0 fully saturated rings. The van der Waals surface area contributed by atoms with Crippen LogP contribution in [0.2, 0.25) is 0 Å². The van der Waals surface area contributed by atoms with Gasteiger partial charge in [0.2, 0.25) is 0 Å². The minimum Gasteiger partial charge on any atom is -0.493 e. The molecule has 0 spiro atoms. The van der Waals surface area contributed by atoms with Gasteiger partial charge >= 0.3 is 0 Å². The van der Waals surface area contributed by atoms with Crippen LogP contribution in [0, 0.1) is 0 Å². The molecule has 0 aliphatic carbocycles. The Hall–Kier alpha value is -1.61. The molecule has 19 heavy (non-hydrogen) atoms. The molecule has 2 aromatic rings. The third-order valence-corrected chi connectivity index (χ3v) is 4.41. The standard InChI is InChI=1S/C16H17NOS/c17-14-3-1-2-4-16(14)19-10-8-12-5-6-15-13(11-12)7-9-18-15/h1-6,11H,7-10,17H2. The first kappa shape index (κ1) is 12.4. The highest BCUT2D eigenvalue weighted by molar-refractivity contribution is 7.99. The van der Waals surface area contributed by atoms with Crippen LogP contribution in [-0.4, -0.2) is 12.4 Å². The molecule has 2 N–H and O–H groups in total. The monoisotopic (exact) mass is 271 g/mol. The lowest BCUT2D eigenvalue weighted by Crippen LogP contribution is -1.92. The summed E-state index contributed by atoms with van der Waals surface area (Å²) >= 11 is 1.82. The lowest BCUT2D eigenvalue weighted by molar-refractivity contribution is 0.357. The van der Waals surface area contributed by atoms with Gasteiger partial charge in [0.25, 0.3) is 0 Å². The molecule has 98 valence electrons. The van der Waals surface area contributed by atoms with Gasteiger partial charge in [-0.3, -0.25) is 0 Å². The fourth-order valence-electron chi connectivity index (χ4n) is 2.29. The van der Waals surface area contributed by atoms with E-state index in [9.17, 15) is 0 Å². The van der Waals surface area contributed by atoms with E-state index in [0.717, 1.165) is 36.6 Å². The highest BCUT2D eigenvalue weighted by Crippen LogP contribution is 2.28. The number of para-hydroxylation sites is 1. The summed E-state index contributed by atoms with van der Waals surface area (Å²) in [6, 6.07) is 14.6. The topological polar surface area (TPSA) is 35.2 Å². The van der Waals surface area contributed by atoms with E-state index in [4.69, 9.17) is 10.5 Å². The Morgan fingerprint density at radius 1 is 1.16 bits per heavy atom. The Morgan fingerprint density at radius 2 is 2.05 bits per heavy atom. The van der Waals surface area contributed by atoms with E-state index in [0.29, 0.717) is 0 Å². The Kier molecular flexibility index (Phi) is 3.65. The predicted octanol–water partition coefficient (Wildman–Crippen LogP) is 3.54. The number of fused-ring (bicyclic) bond motifs is 1. The van der Waals surface area contributed by atoms with Gasteiger partial charge in [0.1, 0.15) is 5.75 Å². The molecule has 0 amide bonds. The van der Waals surface area contributed by atoms with Crippen LogP contribution in [0.1, 0.15) is 11.1 Å². The molecule has 1 heterocycles. The van der Waals surface area contributed by atoms with Gasteiger partial charge in [-0.2, -0.15) is 0 Å². The second-order valence-corrected chi connectivity index (χ2v) is 5.81. The van der Waals surface area contributed by atoms with Crippen molar-refractivity contribution in [2.75, 3.05) is 18.1 Å². The van der Waals surface area contributed by atoms with Gasteiger partial charge in [-0.25, -0.2) is 0 Å². The Labute approximate surface area is 118 Å². The van der Waals surface area contributed by atoms with Gasteiger partial charge in [0.15, 0.2) is 0 Å². The van der Waals surface area contributed by atoms with Crippen LogP contribution < -0.4 is 10.5 Å². The highest BCUT2D eigenvalue weighted by Gasteiger charge is 2.11. The van der Waals surface area contributed by atoms with E-state index in [2.05, 4.69) is 24.3 Å². The van der Waals surface area contributed by atoms with Crippen molar-refractivity contribution in [2.45, 2.75) is 17.7 Å². The van der Waals surface area contributed by atoms with Crippen molar-refractivity contribution in [3.8, 4) is 5.75 Å². The number of thioether (sulfide) groups is 1. The van der Waals surface area contributed by atoms with Gasteiger partial charge in [-0.15, -0.1) is 11.8 Å². The third kappa shape index (κ3) is 2.87. The van der Waals surface area contributed by atoms with E-state index in [1.165, 1.54) is 16.0 Å². The second-order valence-electron chi connectivity index (χ2n) is 4.68. The molecule has 0 aromatic heterocycles. The summed E-state index contributed by atoms with van der Waals surface area (Å²) in [6.45, 7) is 0.827. The molecule has 0 bridgehead atoms. The molecule has 1 aliphatic heterocycles. The van der Waals surface area contributed by atoms with Crippen LogP contribution in [-0.2, 0) is 12.8 Å². The lowest BCUT2D eigenvalue weighted by Gasteiger charge is -2.06. The molecule has 3 rings (SSSR count). The maximum Gasteiger partial charge on any atom is 0.122 e. The zero-order chi connectivity index (χ0) is 13.1. The molecule has 0 atom stereocenters. The largest absolute Gasteiger partial charge is 0.493 e. The van der Waals surface area contributed by atoms with Crippen molar-refractivity contribution in [2.24, 2.45) is 0 Å². The summed E-state index contributed by atoms with van der Waals surface area (Å²) in [5.41, 5.74) is 9.54. The highest BCUT2D eigenvalue weighted by atomic mass is 32.2. The summed E-state index contributed by atoms with van der Waals surface area (Å²) in [4.78, 5) is 1.17. The van der Waals surface area contributed by atoms with E-state index in [1.807, 2.05) is 30.0 Å². The molecule has 2 nitrogen and oxygen atoms in total. The van der Waals surface area contributed by atoms with E-state index < -0.39 is 0 Å². The molecular formula is C16H17NOS. The van der Waals surface area contributed by atoms with Crippen LogP contribution in [0.4, 0.5) is 5.69 Å². The summed E-state index contributed by atoms with van der Waals surface area (Å²) in [6.07, 6.45) is 2.11. The number of rotatable bonds is 4. The van der Waals surface area contributed by atoms with Crippen LogP contribution >= 0.6 is 11.8 Å². The predicted molar refractivity (Wildman–Crippen MR) is 80.9 cm³/mol. The van der Waals surface area contributed by atoms with Crippen molar-refractivity contribution >= 4 is 17.4 Å². The van der Waals surface area contributed by atoms with Gasteiger partial charge in [0, 0.05) is 22.8 Å². The van der Waals surface area contributed by atoms with Crippen molar-refractivity contribution in [1.29, 1.82) is 0 Å². The number of aryl methyl sites for hydroxylation is 1. The van der Waals surface area contributed by atoms with Crippen LogP contribution in [0.3, 0.4) is 0 Å². The molecular weight excluding hydrogens is 254 g/mol. The van der Waals surface area contributed by atoms with E-state index >= 15 is 0 Å². The second kappa shape index (κ2) is 5.57. The smallest absolute Gasteiger partial charge is 0.122 e. The Balaban J connectivity index is 1.59. The maximum absolute atomic E-state index is 5.94. The van der Waals surface area contributed by atoms with Gasteiger partial charge in [0.05, 0.1) is 6.61 Å². The van der Waals surface area contributed by atoms with Gasteiger partial charge < -0.3 is 10.5 Å². The van der Waals surface area contributed by atoms with E-state index in [-0.39, 0.29) is 0 Å². The number of hydrogen-bond acceptors (Lipinski definition) is 3. The minimum atomic E-state index is 0.827. The molecule has 0 radical (unpaired) electrons. The van der Waals surface area contributed by atoms with Crippen molar-refractivity contribution in [3.05, 3.63) is 53.6 Å². The number of hydrogen-bond donors (Lipinski definition) is 1. The first-order valence-electron chi connectivity index (χ1n) is 6.55. The van der Waals surface area contributed by atoms with Crippen molar-refractivity contribution < 1.29 is 4.74 Å². The van der Waals surface area contributed by atoms with E-state index in [1.54, 1.807) is 0 Å². The summed E-state index contributed by atoms with van der Waals surface area (Å²) in [5.74, 6) is 2.11. The Morgan fingerprint density at radius 3 is 2.95 bits per heavy atom. The normalized spacial score (nSPS) is 13.1. The first-order valence-corrected chi connectivity index (χ1v) is 7.53.